The molecular weight excluding hydrogens is 458 g/mol. The van der Waals surface area contributed by atoms with Crippen molar-refractivity contribution < 1.29 is 25.2 Å². The van der Waals surface area contributed by atoms with Crippen molar-refractivity contribution in [2.45, 2.75) is 0 Å². The smallest absolute Gasteiger partial charge is 0.327 e. The highest BCUT2D eigenvalue weighted by Crippen LogP contribution is 2.30. The minimum absolute atomic E-state index is 0.102. The lowest BCUT2D eigenvalue weighted by atomic mass is 10.3. The number of benzene rings is 2. The predicted octanol–water partition coefficient (Wildman–Crippen LogP) is 4.38. The maximum Gasteiger partial charge on any atom is 0.327 e. The van der Waals surface area contributed by atoms with Crippen LogP contribution in [0.2, 0.25) is 20.1 Å². The molecule has 2 aromatic rings. The van der Waals surface area contributed by atoms with Crippen LogP contribution in [0.25, 0.3) is 0 Å². The van der Waals surface area contributed by atoms with E-state index in [9.17, 15) is 16.8 Å². The van der Waals surface area contributed by atoms with Crippen LogP contribution in [-0.4, -0.2) is 21.9 Å². The summed E-state index contributed by atoms with van der Waals surface area (Å²) in [6.45, 7) is 0. The Balaban J connectivity index is 2.17. The fourth-order valence-electron chi connectivity index (χ4n) is 1.58. The fourth-order valence-corrected chi connectivity index (χ4v) is 5.21. The van der Waals surface area contributed by atoms with Gasteiger partial charge in [-0.05, 0) is 36.4 Å². The van der Waals surface area contributed by atoms with Gasteiger partial charge in [0.15, 0.2) is 11.5 Å². The van der Waals surface area contributed by atoms with Gasteiger partial charge in [0.2, 0.25) is 5.08 Å². The van der Waals surface area contributed by atoms with Gasteiger partial charge < -0.3 is 8.37 Å². The molecule has 0 aromatic heterocycles. The van der Waals surface area contributed by atoms with Crippen molar-refractivity contribution in [1.29, 1.82) is 0 Å². The Morgan fingerprint density at radius 2 is 1.04 bits per heavy atom. The first-order valence-electron chi connectivity index (χ1n) is 6.22. The van der Waals surface area contributed by atoms with E-state index < -0.39 is 25.3 Å². The molecule has 136 valence electrons. The summed E-state index contributed by atoms with van der Waals surface area (Å²) >= 11 is 22.9. The van der Waals surface area contributed by atoms with E-state index in [1.807, 2.05) is 0 Å². The zero-order valence-electron chi connectivity index (χ0n) is 11.9. The first kappa shape index (κ1) is 20.4. The second kappa shape index (κ2) is 7.77. The van der Waals surface area contributed by atoms with Gasteiger partial charge in [-0.1, -0.05) is 46.4 Å². The fraction of sp³-hybridized carbons (Fsp3) is 0.0769. The second-order valence-electron chi connectivity index (χ2n) is 4.55. The molecular formula is C13H8Cl4O6S2. The molecule has 0 fully saturated rings. The minimum Gasteiger partial charge on any atom is -0.380 e. The monoisotopic (exact) mass is 464 g/mol. The van der Waals surface area contributed by atoms with E-state index in [1.54, 1.807) is 0 Å². The van der Waals surface area contributed by atoms with Crippen molar-refractivity contribution in [3.63, 3.8) is 0 Å². The van der Waals surface area contributed by atoms with E-state index in [-0.39, 0.29) is 31.6 Å². The summed E-state index contributed by atoms with van der Waals surface area (Å²) < 4.78 is 57.2. The predicted molar refractivity (Wildman–Crippen MR) is 96.9 cm³/mol. The zero-order valence-corrected chi connectivity index (χ0v) is 16.6. The quantitative estimate of drug-likeness (QED) is 0.588. The molecule has 0 amide bonds. The lowest BCUT2D eigenvalue weighted by Crippen LogP contribution is -2.24. The van der Waals surface area contributed by atoms with Crippen molar-refractivity contribution in [2.75, 3.05) is 5.08 Å². The van der Waals surface area contributed by atoms with Gasteiger partial charge in [0.25, 0.3) is 0 Å². The summed E-state index contributed by atoms with van der Waals surface area (Å²) in [5, 5.41) is -1.16. The molecule has 2 rings (SSSR count). The molecule has 0 aliphatic carbocycles. The van der Waals surface area contributed by atoms with Crippen LogP contribution in [0.1, 0.15) is 0 Å². The van der Waals surface area contributed by atoms with Crippen LogP contribution in [0.5, 0.6) is 11.5 Å². The van der Waals surface area contributed by atoms with Gasteiger partial charge in [-0.15, -0.1) is 0 Å². The molecule has 0 radical (unpaired) electrons. The van der Waals surface area contributed by atoms with Gasteiger partial charge in [-0.3, -0.25) is 0 Å². The molecule has 0 N–H and O–H groups in total. The molecule has 0 heterocycles. The third-order valence-electron chi connectivity index (χ3n) is 2.51. The molecule has 0 unspecified atom stereocenters. The molecule has 12 heteroatoms. The van der Waals surface area contributed by atoms with Crippen LogP contribution in [0.4, 0.5) is 0 Å². The van der Waals surface area contributed by atoms with Gasteiger partial charge in [0.1, 0.15) is 0 Å². The molecule has 0 bridgehead atoms. The van der Waals surface area contributed by atoms with Crippen molar-refractivity contribution in [3.8, 4) is 11.5 Å². The molecule has 0 spiro atoms. The zero-order chi connectivity index (χ0) is 18.8. The average Bonchev–Trinajstić information content (AvgIpc) is 2.44. The Morgan fingerprint density at radius 1 is 0.680 bits per heavy atom. The Bertz CT molecular complexity index is 924. The van der Waals surface area contributed by atoms with Crippen LogP contribution in [0.3, 0.4) is 0 Å². The maximum atomic E-state index is 12.0. The summed E-state index contributed by atoms with van der Waals surface area (Å²) in [5.74, 6) is -0.545. The normalized spacial score (nSPS) is 12.0. The van der Waals surface area contributed by atoms with Crippen molar-refractivity contribution in [3.05, 3.63) is 56.5 Å². The summed E-state index contributed by atoms with van der Waals surface area (Å²) in [4.78, 5) is 0. The van der Waals surface area contributed by atoms with Crippen molar-refractivity contribution >= 4 is 66.6 Å². The lowest BCUT2D eigenvalue weighted by molar-refractivity contribution is 0.475. The van der Waals surface area contributed by atoms with Crippen LogP contribution >= 0.6 is 46.4 Å². The van der Waals surface area contributed by atoms with Crippen LogP contribution in [0.15, 0.2) is 36.4 Å². The second-order valence-corrected chi connectivity index (χ2v) is 9.74. The highest BCUT2D eigenvalue weighted by Gasteiger charge is 2.27. The molecule has 25 heavy (non-hydrogen) atoms. The SMILES string of the molecule is O=S(=O)(CS(=O)(=O)Oc1ccc(Cl)cc1Cl)Oc1ccc(Cl)cc1Cl. The summed E-state index contributed by atoms with van der Waals surface area (Å²) in [7, 11) is -9.16. The Morgan fingerprint density at radius 3 is 1.36 bits per heavy atom. The van der Waals surface area contributed by atoms with E-state index in [2.05, 4.69) is 8.37 Å². The average molecular weight is 466 g/mol. The largest absolute Gasteiger partial charge is 0.380 e. The van der Waals surface area contributed by atoms with E-state index in [4.69, 9.17) is 46.4 Å². The van der Waals surface area contributed by atoms with Gasteiger partial charge in [-0.2, -0.15) is 16.8 Å². The summed E-state index contributed by atoms with van der Waals surface area (Å²) in [6, 6.07) is 7.52. The van der Waals surface area contributed by atoms with Gasteiger partial charge >= 0.3 is 20.2 Å². The van der Waals surface area contributed by atoms with Gasteiger partial charge in [0.05, 0.1) is 10.0 Å². The standard InChI is InChI=1S/C13H8Cl4O6S2/c14-8-1-3-12(10(16)5-8)22-24(18,19)7-25(20,21)23-13-4-2-9(15)6-11(13)17/h1-6H,7H2. The first-order valence-corrected chi connectivity index (χ1v) is 10.9. The Kier molecular flexibility index (Phi) is 6.35. The number of hydrogen-bond acceptors (Lipinski definition) is 6. The molecule has 6 nitrogen and oxygen atoms in total. The van der Waals surface area contributed by atoms with E-state index in [1.165, 1.54) is 36.4 Å². The van der Waals surface area contributed by atoms with Gasteiger partial charge in [-0.25, -0.2) is 0 Å². The molecule has 0 atom stereocenters. The summed E-state index contributed by atoms with van der Waals surface area (Å²) in [6.07, 6.45) is 0. The lowest BCUT2D eigenvalue weighted by Gasteiger charge is -2.11. The number of halogens is 4. The van der Waals surface area contributed by atoms with E-state index >= 15 is 0 Å². The topological polar surface area (TPSA) is 86.7 Å². The van der Waals surface area contributed by atoms with Crippen molar-refractivity contribution in [1.82, 2.24) is 0 Å². The van der Waals surface area contributed by atoms with Crippen LogP contribution in [0, 0.1) is 0 Å². The maximum absolute atomic E-state index is 12.0. The first-order chi connectivity index (χ1) is 11.5. The number of hydrogen-bond donors (Lipinski definition) is 0. The molecule has 0 aliphatic heterocycles. The highest BCUT2D eigenvalue weighted by molar-refractivity contribution is 8.04. The van der Waals surface area contributed by atoms with Gasteiger partial charge in [0, 0.05) is 10.0 Å². The van der Waals surface area contributed by atoms with Crippen LogP contribution in [-0.2, 0) is 20.2 Å². The van der Waals surface area contributed by atoms with Crippen LogP contribution < -0.4 is 8.37 Å². The Hall–Kier alpha value is -0.900. The molecule has 0 saturated carbocycles. The minimum atomic E-state index is -4.58. The molecule has 2 aromatic carbocycles. The molecule has 0 aliphatic rings. The third-order valence-corrected chi connectivity index (χ3v) is 6.75. The van der Waals surface area contributed by atoms with Crippen molar-refractivity contribution in [2.24, 2.45) is 0 Å². The highest BCUT2D eigenvalue weighted by atomic mass is 35.5. The Labute approximate surface area is 164 Å². The summed E-state index contributed by atoms with van der Waals surface area (Å²) in [5.41, 5.74) is 0. The van der Waals surface area contributed by atoms with E-state index in [0.29, 0.717) is 0 Å². The van der Waals surface area contributed by atoms with E-state index in [0.717, 1.165) is 0 Å². The number of rotatable bonds is 6. The molecule has 0 saturated heterocycles. The third kappa shape index (κ3) is 6.09.